The van der Waals surface area contributed by atoms with Crippen LogP contribution in [0.1, 0.15) is 18.4 Å². The molecular formula is C12H14O4S. The van der Waals surface area contributed by atoms with Crippen LogP contribution in [-0.4, -0.2) is 30.0 Å². The molecule has 0 saturated heterocycles. The van der Waals surface area contributed by atoms with Crippen LogP contribution in [0, 0.1) is 0 Å². The Morgan fingerprint density at radius 3 is 2.35 bits per heavy atom. The predicted octanol–water partition coefficient (Wildman–Crippen LogP) is 1.26. The van der Waals surface area contributed by atoms with Crippen LogP contribution < -0.4 is 0 Å². The topological polar surface area (TPSA) is 71.4 Å². The summed E-state index contributed by atoms with van der Waals surface area (Å²) >= 11 is 0. The molecule has 1 saturated carbocycles. The molecule has 1 aliphatic carbocycles. The van der Waals surface area contributed by atoms with Crippen molar-refractivity contribution in [1.29, 1.82) is 0 Å². The molecule has 1 N–H and O–H groups in total. The summed E-state index contributed by atoms with van der Waals surface area (Å²) in [5, 5.41) is 7.32. The van der Waals surface area contributed by atoms with Gasteiger partial charge in [0.15, 0.2) is 15.1 Å². The molecule has 0 amide bonds. The summed E-state index contributed by atoms with van der Waals surface area (Å²) in [6, 6.07) is 8.86. The summed E-state index contributed by atoms with van der Waals surface area (Å²) in [6.45, 7) is 0. The van der Waals surface area contributed by atoms with Crippen LogP contribution in [0.5, 0.6) is 0 Å². The van der Waals surface area contributed by atoms with Crippen LogP contribution in [0.4, 0.5) is 0 Å². The highest BCUT2D eigenvalue weighted by atomic mass is 32.2. The van der Waals surface area contributed by atoms with Gasteiger partial charge in [-0.2, -0.15) is 0 Å². The molecule has 2 rings (SSSR count). The fourth-order valence-corrected chi connectivity index (χ4v) is 3.76. The Labute approximate surface area is 100 Å². The van der Waals surface area contributed by atoms with E-state index < -0.39 is 26.3 Å². The van der Waals surface area contributed by atoms with Crippen LogP contribution in [-0.2, 0) is 21.1 Å². The second kappa shape index (κ2) is 4.49. The van der Waals surface area contributed by atoms with E-state index in [0.717, 1.165) is 5.56 Å². The molecule has 1 unspecified atom stereocenters. The van der Waals surface area contributed by atoms with E-state index in [1.54, 1.807) is 24.3 Å². The van der Waals surface area contributed by atoms with E-state index in [1.807, 2.05) is 6.07 Å². The lowest BCUT2D eigenvalue weighted by molar-refractivity contribution is -0.136. The first-order chi connectivity index (χ1) is 8.01. The Kier molecular flexibility index (Phi) is 3.19. The fourth-order valence-electron chi connectivity index (χ4n) is 1.80. The molecule has 1 atom stereocenters. The largest absolute Gasteiger partial charge is 0.480 e. The normalized spacial score (nSPS) is 17.6. The van der Waals surface area contributed by atoms with E-state index in [0.29, 0.717) is 12.8 Å². The summed E-state index contributed by atoms with van der Waals surface area (Å²) in [7, 11) is -3.52. The van der Waals surface area contributed by atoms with Crippen molar-refractivity contribution >= 4 is 15.8 Å². The molecule has 1 aromatic carbocycles. The lowest BCUT2D eigenvalue weighted by Crippen LogP contribution is -2.34. The third-order valence-electron chi connectivity index (χ3n) is 2.92. The molecule has 1 aromatic rings. The van der Waals surface area contributed by atoms with Gasteiger partial charge in [-0.05, 0) is 24.8 Å². The van der Waals surface area contributed by atoms with Crippen molar-refractivity contribution in [2.24, 2.45) is 0 Å². The van der Waals surface area contributed by atoms with E-state index in [2.05, 4.69) is 0 Å². The Hall–Kier alpha value is -1.36. The van der Waals surface area contributed by atoms with Crippen LogP contribution in [0.3, 0.4) is 0 Å². The van der Waals surface area contributed by atoms with E-state index in [-0.39, 0.29) is 6.42 Å². The minimum absolute atomic E-state index is 0.0506. The molecule has 92 valence electrons. The highest BCUT2D eigenvalue weighted by Crippen LogP contribution is 2.32. The zero-order valence-corrected chi connectivity index (χ0v) is 10.1. The standard InChI is InChI=1S/C12H14O4S/c13-12(14)11(17(15,16)10-6-7-10)8-9-4-2-1-3-5-9/h1-5,10-11H,6-8H2,(H,13,14). The Morgan fingerprint density at radius 1 is 1.29 bits per heavy atom. The minimum atomic E-state index is -3.52. The van der Waals surface area contributed by atoms with Gasteiger partial charge in [-0.15, -0.1) is 0 Å². The summed E-state index contributed by atoms with van der Waals surface area (Å²) in [5.41, 5.74) is 0.740. The van der Waals surface area contributed by atoms with Gasteiger partial charge in [-0.3, -0.25) is 4.79 Å². The van der Waals surface area contributed by atoms with Gasteiger partial charge in [0.05, 0.1) is 5.25 Å². The molecule has 1 aliphatic rings. The maximum Gasteiger partial charge on any atom is 0.322 e. The van der Waals surface area contributed by atoms with Gasteiger partial charge >= 0.3 is 5.97 Å². The van der Waals surface area contributed by atoms with Gasteiger partial charge in [-0.1, -0.05) is 30.3 Å². The molecule has 0 bridgehead atoms. The van der Waals surface area contributed by atoms with Gasteiger partial charge < -0.3 is 5.11 Å². The van der Waals surface area contributed by atoms with Crippen molar-refractivity contribution in [2.75, 3.05) is 0 Å². The summed E-state index contributed by atoms with van der Waals surface area (Å²) in [5.74, 6) is -1.25. The number of hydrogen-bond donors (Lipinski definition) is 1. The van der Waals surface area contributed by atoms with Crippen molar-refractivity contribution in [1.82, 2.24) is 0 Å². The zero-order chi connectivity index (χ0) is 12.5. The average Bonchev–Trinajstić information content (AvgIpc) is 3.10. The number of carbonyl (C=O) groups is 1. The number of hydrogen-bond acceptors (Lipinski definition) is 3. The van der Waals surface area contributed by atoms with E-state index in [4.69, 9.17) is 5.11 Å². The first-order valence-electron chi connectivity index (χ1n) is 5.51. The SMILES string of the molecule is O=C(O)C(Cc1ccccc1)S(=O)(=O)C1CC1. The number of carboxylic acids is 1. The fraction of sp³-hybridized carbons (Fsp3) is 0.417. The minimum Gasteiger partial charge on any atom is -0.480 e. The van der Waals surface area contributed by atoms with Crippen molar-refractivity contribution in [3.8, 4) is 0 Å². The summed E-state index contributed by atoms with van der Waals surface area (Å²) in [6.07, 6.45) is 1.25. The number of carboxylic acid groups (broad SMARTS) is 1. The van der Waals surface area contributed by atoms with Gasteiger partial charge in [0.25, 0.3) is 0 Å². The highest BCUT2D eigenvalue weighted by Gasteiger charge is 2.44. The molecule has 4 nitrogen and oxygen atoms in total. The molecule has 1 fully saturated rings. The molecule has 0 heterocycles. The van der Waals surface area contributed by atoms with E-state index >= 15 is 0 Å². The monoisotopic (exact) mass is 254 g/mol. The molecular weight excluding hydrogens is 240 g/mol. The third kappa shape index (κ3) is 2.66. The smallest absolute Gasteiger partial charge is 0.322 e. The van der Waals surface area contributed by atoms with Crippen LogP contribution >= 0.6 is 0 Å². The molecule has 0 spiro atoms. The van der Waals surface area contributed by atoms with Gasteiger partial charge in [0.2, 0.25) is 0 Å². The van der Waals surface area contributed by atoms with Gasteiger partial charge in [-0.25, -0.2) is 8.42 Å². The van der Waals surface area contributed by atoms with E-state index in [9.17, 15) is 13.2 Å². The van der Waals surface area contributed by atoms with Crippen molar-refractivity contribution in [3.63, 3.8) is 0 Å². The maximum atomic E-state index is 12.0. The summed E-state index contributed by atoms with van der Waals surface area (Å²) in [4.78, 5) is 11.1. The first-order valence-corrected chi connectivity index (χ1v) is 7.12. The number of rotatable bonds is 5. The Bertz CT molecular complexity index is 503. The lowest BCUT2D eigenvalue weighted by atomic mass is 10.1. The Morgan fingerprint density at radius 2 is 1.88 bits per heavy atom. The van der Waals surface area contributed by atoms with Gasteiger partial charge in [0.1, 0.15) is 0 Å². The predicted molar refractivity (Wildman–Crippen MR) is 63.5 cm³/mol. The molecule has 0 radical (unpaired) electrons. The maximum absolute atomic E-state index is 12.0. The molecule has 0 aromatic heterocycles. The molecule has 17 heavy (non-hydrogen) atoms. The number of sulfone groups is 1. The first kappa shape index (κ1) is 12.1. The highest BCUT2D eigenvalue weighted by molar-refractivity contribution is 7.93. The number of aliphatic carboxylic acids is 1. The van der Waals surface area contributed by atoms with Crippen LogP contribution in [0.25, 0.3) is 0 Å². The quantitative estimate of drug-likeness (QED) is 0.858. The number of benzene rings is 1. The molecule has 0 aliphatic heterocycles. The van der Waals surface area contributed by atoms with Crippen molar-refractivity contribution < 1.29 is 18.3 Å². The van der Waals surface area contributed by atoms with Crippen molar-refractivity contribution in [2.45, 2.75) is 29.8 Å². The second-order valence-electron chi connectivity index (χ2n) is 4.30. The Balaban J connectivity index is 2.22. The summed E-state index contributed by atoms with van der Waals surface area (Å²) < 4.78 is 23.9. The van der Waals surface area contributed by atoms with Crippen molar-refractivity contribution in [3.05, 3.63) is 35.9 Å². The van der Waals surface area contributed by atoms with Crippen LogP contribution in [0.2, 0.25) is 0 Å². The zero-order valence-electron chi connectivity index (χ0n) is 9.24. The third-order valence-corrected chi connectivity index (χ3v) is 5.49. The van der Waals surface area contributed by atoms with E-state index in [1.165, 1.54) is 0 Å². The molecule has 5 heteroatoms. The average molecular weight is 254 g/mol. The lowest BCUT2D eigenvalue weighted by Gasteiger charge is -2.12. The van der Waals surface area contributed by atoms with Crippen LogP contribution in [0.15, 0.2) is 30.3 Å². The van der Waals surface area contributed by atoms with Gasteiger partial charge in [0, 0.05) is 0 Å². The second-order valence-corrected chi connectivity index (χ2v) is 6.72.